The van der Waals surface area contributed by atoms with E-state index in [-0.39, 0.29) is 18.2 Å². The summed E-state index contributed by atoms with van der Waals surface area (Å²) in [5.74, 6) is -0.975. The lowest BCUT2D eigenvalue weighted by Gasteiger charge is -2.33. The lowest BCUT2D eigenvalue weighted by atomic mass is 10.1. The molecule has 0 aromatic rings. The van der Waals surface area contributed by atoms with Crippen LogP contribution in [0.25, 0.3) is 0 Å². The maximum absolute atomic E-state index is 12.0. The van der Waals surface area contributed by atoms with Crippen molar-refractivity contribution in [1.82, 2.24) is 4.90 Å². The van der Waals surface area contributed by atoms with Crippen molar-refractivity contribution in [2.24, 2.45) is 11.7 Å². The van der Waals surface area contributed by atoms with E-state index in [1.165, 1.54) is 0 Å². The molecule has 1 saturated heterocycles. The number of nitrogens with zero attached hydrogens (tertiary/aromatic N) is 1. The number of morpholine rings is 1. The van der Waals surface area contributed by atoms with Crippen molar-refractivity contribution < 1.29 is 19.4 Å². The third-order valence-electron chi connectivity index (χ3n) is 2.87. The van der Waals surface area contributed by atoms with Gasteiger partial charge in [-0.25, -0.2) is 0 Å². The SMILES string of the molecule is CC(CCN)C(=O)N1CCOC(CC(=O)O)C1. The van der Waals surface area contributed by atoms with E-state index in [1.807, 2.05) is 6.92 Å². The summed E-state index contributed by atoms with van der Waals surface area (Å²) in [6.45, 7) is 3.62. The predicted octanol–water partition coefficient (Wildman–Crippen LogP) is -0.327. The van der Waals surface area contributed by atoms with Gasteiger partial charge in [-0.1, -0.05) is 6.92 Å². The Morgan fingerprint density at radius 3 is 2.88 bits per heavy atom. The Morgan fingerprint density at radius 2 is 2.29 bits per heavy atom. The topological polar surface area (TPSA) is 92.9 Å². The molecule has 6 heteroatoms. The highest BCUT2D eigenvalue weighted by molar-refractivity contribution is 5.78. The number of carboxylic acid groups (broad SMARTS) is 1. The molecule has 1 rings (SSSR count). The van der Waals surface area contributed by atoms with E-state index in [1.54, 1.807) is 4.90 Å². The van der Waals surface area contributed by atoms with Crippen molar-refractivity contribution in [3.63, 3.8) is 0 Å². The van der Waals surface area contributed by atoms with Gasteiger partial charge in [0.1, 0.15) is 0 Å². The summed E-state index contributed by atoms with van der Waals surface area (Å²) in [6.07, 6.45) is 0.199. The van der Waals surface area contributed by atoms with Crippen LogP contribution in [0.4, 0.5) is 0 Å². The molecule has 0 aromatic carbocycles. The van der Waals surface area contributed by atoms with Crippen molar-refractivity contribution in [3.8, 4) is 0 Å². The molecule has 0 spiro atoms. The van der Waals surface area contributed by atoms with Gasteiger partial charge in [0.05, 0.1) is 19.1 Å². The molecule has 0 saturated carbocycles. The van der Waals surface area contributed by atoms with Crippen molar-refractivity contribution in [3.05, 3.63) is 0 Å². The standard InChI is InChI=1S/C11H20N2O4/c1-8(2-3-12)11(16)13-4-5-17-9(7-13)6-10(14)15/h8-9H,2-7,12H2,1H3,(H,14,15). The van der Waals surface area contributed by atoms with E-state index >= 15 is 0 Å². The maximum Gasteiger partial charge on any atom is 0.306 e. The minimum absolute atomic E-state index is 0.0362. The monoisotopic (exact) mass is 244 g/mol. The van der Waals surface area contributed by atoms with E-state index in [0.29, 0.717) is 32.7 Å². The lowest BCUT2D eigenvalue weighted by Crippen LogP contribution is -2.48. The summed E-state index contributed by atoms with van der Waals surface area (Å²) in [4.78, 5) is 24.2. The zero-order valence-electron chi connectivity index (χ0n) is 10.1. The molecule has 3 N–H and O–H groups in total. The number of amides is 1. The van der Waals surface area contributed by atoms with Crippen LogP contribution in [0.3, 0.4) is 0 Å². The van der Waals surface area contributed by atoms with Gasteiger partial charge >= 0.3 is 5.97 Å². The van der Waals surface area contributed by atoms with Crippen LogP contribution in [0, 0.1) is 5.92 Å². The van der Waals surface area contributed by atoms with Crippen LogP contribution in [-0.2, 0) is 14.3 Å². The molecule has 98 valence electrons. The lowest BCUT2D eigenvalue weighted by molar-refractivity contribution is -0.149. The van der Waals surface area contributed by atoms with Crippen LogP contribution >= 0.6 is 0 Å². The number of ether oxygens (including phenoxy) is 1. The first-order valence-electron chi connectivity index (χ1n) is 5.86. The van der Waals surface area contributed by atoms with Crippen LogP contribution in [0.1, 0.15) is 19.8 Å². The summed E-state index contributed by atoms with van der Waals surface area (Å²) in [6, 6.07) is 0. The van der Waals surface area contributed by atoms with Gasteiger partial charge in [-0.2, -0.15) is 0 Å². The van der Waals surface area contributed by atoms with E-state index in [2.05, 4.69) is 0 Å². The van der Waals surface area contributed by atoms with Crippen molar-refractivity contribution in [2.75, 3.05) is 26.2 Å². The summed E-state index contributed by atoms with van der Waals surface area (Å²) in [5, 5.41) is 8.68. The molecule has 0 aromatic heterocycles. The molecule has 2 unspecified atom stereocenters. The van der Waals surface area contributed by atoms with E-state index in [0.717, 1.165) is 0 Å². The first-order valence-corrected chi connectivity index (χ1v) is 5.86. The second kappa shape index (κ2) is 6.56. The minimum Gasteiger partial charge on any atom is -0.481 e. The number of hydrogen-bond acceptors (Lipinski definition) is 4. The summed E-state index contributed by atoms with van der Waals surface area (Å²) < 4.78 is 5.31. The van der Waals surface area contributed by atoms with E-state index in [4.69, 9.17) is 15.6 Å². The molecule has 2 atom stereocenters. The van der Waals surface area contributed by atoms with Gasteiger partial charge in [-0.15, -0.1) is 0 Å². The smallest absolute Gasteiger partial charge is 0.306 e. The van der Waals surface area contributed by atoms with Crippen LogP contribution in [0.5, 0.6) is 0 Å². The Balaban J connectivity index is 2.48. The normalized spacial score (nSPS) is 22.2. The van der Waals surface area contributed by atoms with Crippen LogP contribution in [0.15, 0.2) is 0 Å². The quantitative estimate of drug-likeness (QED) is 0.691. The largest absolute Gasteiger partial charge is 0.481 e. The van der Waals surface area contributed by atoms with Gasteiger partial charge in [-0.3, -0.25) is 9.59 Å². The number of rotatable bonds is 5. The summed E-state index contributed by atoms with van der Waals surface area (Å²) >= 11 is 0. The molecule has 1 aliphatic heterocycles. The third kappa shape index (κ3) is 4.32. The average Bonchev–Trinajstić information content (AvgIpc) is 2.28. The maximum atomic E-state index is 12.0. The number of nitrogens with two attached hydrogens (primary N) is 1. The Morgan fingerprint density at radius 1 is 1.59 bits per heavy atom. The van der Waals surface area contributed by atoms with Crippen LogP contribution in [0.2, 0.25) is 0 Å². The van der Waals surface area contributed by atoms with Gasteiger partial charge in [-0.05, 0) is 13.0 Å². The molecule has 6 nitrogen and oxygen atoms in total. The van der Waals surface area contributed by atoms with Gasteiger partial charge in [0.2, 0.25) is 5.91 Å². The van der Waals surface area contributed by atoms with Gasteiger partial charge < -0.3 is 20.5 Å². The zero-order valence-corrected chi connectivity index (χ0v) is 10.1. The predicted molar refractivity (Wildman–Crippen MR) is 61.4 cm³/mol. The molecule has 1 fully saturated rings. The fourth-order valence-electron chi connectivity index (χ4n) is 1.92. The van der Waals surface area contributed by atoms with Gasteiger partial charge in [0.15, 0.2) is 0 Å². The number of carbonyl (C=O) groups excluding carboxylic acids is 1. The molecular formula is C11H20N2O4. The molecule has 0 bridgehead atoms. The molecule has 17 heavy (non-hydrogen) atoms. The Labute approximate surface area is 101 Å². The second-order valence-electron chi connectivity index (χ2n) is 4.35. The number of carbonyl (C=O) groups is 2. The number of aliphatic carboxylic acids is 1. The fraction of sp³-hybridized carbons (Fsp3) is 0.818. The Bertz CT molecular complexity index is 283. The van der Waals surface area contributed by atoms with Crippen LogP contribution < -0.4 is 5.73 Å². The van der Waals surface area contributed by atoms with Crippen molar-refractivity contribution in [2.45, 2.75) is 25.9 Å². The molecule has 1 heterocycles. The molecule has 0 radical (unpaired) electrons. The second-order valence-corrected chi connectivity index (χ2v) is 4.35. The summed E-state index contributed by atoms with van der Waals surface area (Å²) in [5.41, 5.74) is 5.42. The van der Waals surface area contributed by atoms with E-state index in [9.17, 15) is 9.59 Å². The van der Waals surface area contributed by atoms with Crippen molar-refractivity contribution >= 4 is 11.9 Å². The number of carboxylic acids is 1. The zero-order chi connectivity index (χ0) is 12.8. The van der Waals surface area contributed by atoms with Gasteiger partial charge in [0.25, 0.3) is 0 Å². The molecular weight excluding hydrogens is 224 g/mol. The average molecular weight is 244 g/mol. The molecule has 1 aliphatic rings. The van der Waals surface area contributed by atoms with Crippen LogP contribution in [-0.4, -0.2) is 54.2 Å². The first-order chi connectivity index (χ1) is 8.04. The van der Waals surface area contributed by atoms with Gasteiger partial charge in [0, 0.05) is 19.0 Å². The fourth-order valence-corrected chi connectivity index (χ4v) is 1.92. The Kier molecular flexibility index (Phi) is 5.37. The molecule has 1 amide bonds. The first kappa shape index (κ1) is 13.9. The summed E-state index contributed by atoms with van der Waals surface area (Å²) in [7, 11) is 0. The number of hydrogen-bond donors (Lipinski definition) is 2. The highest BCUT2D eigenvalue weighted by atomic mass is 16.5. The van der Waals surface area contributed by atoms with E-state index < -0.39 is 12.1 Å². The third-order valence-corrected chi connectivity index (χ3v) is 2.87. The Hall–Kier alpha value is -1.14. The molecule has 0 aliphatic carbocycles. The van der Waals surface area contributed by atoms with Crippen molar-refractivity contribution in [1.29, 1.82) is 0 Å². The highest BCUT2D eigenvalue weighted by Crippen LogP contribution is 2.13. The minimum atomic E-state index is -0.903. The highest BCUT2D eigenvalue weighted by Gasteiger charge is 2.27.